The van der Waals surface area contributed by atoms with Crippen LogP contribution in [-0.4, -0.2) is 20.7 Å². The van der Waals surface area contributed by atoms with Gasteiger partial charge in [0.2, 0.25) is 0 Å². The van der Waals surface area contributed by atoms with Crippen LogP contribution in [0.1, 0.15) is 21.6 Å². The Hall–Kier alpha value is -2.40. The van der Waals surface area contributed by atoms with Crippen LogP contribution in [0, 0.1) is 13.8 Å². The second-order valence-electron chi connectivity index (χ2n) is 4.88. The number of primary amides is 1. The van der Waals surface area contributed by atoms with Crippen LogP contribution in [0.25, 0.3) is 16.7 Å². The Kier molecular flexibility index (Phi) is 3.14. The maximum atomic E-state index is 11.4. The van der Waals surface area contributed by atoms with Gasteiger partial charge in [-0.3, -0.25) is 4.79 Å². The van der Waals surface area contributed by atoms with Gasteiger partial charge >= 0.3 is 0 Å². The lowest BCUT2D eigenvalue weighted by molar-refractivity contribution is 0.100. The number of fused-ring (bicyclic) bond motifs is 1. The zero-order valence-corrected chi connectivity index (χ0v) is 12.3. The van der Waals surface area contributed by atoms with Crippen LogP contribution in [0.4, 0.5) is 0 Å². The van der Waals surface area contributed by atoms with E-state index in [-0.39, 0.29) is 5.56 Å². The molecule has 0 fully saturated rings. The molecule has 2 aromatic heterocycles. The van der Waals surface area contributed by atoms with Crippen molar-refractivity contribution in [1.82, 2.24) is 14.8 Å². The molecule has 0 saturated heterocycles. The maximum Gasteiger partial charge on any atom is 0.251 e. The predicted molar refractivity (Wildman–Crippen MR) is 81.9 cm³/mol. The SMILES string of the molecule is Cc1cccc(-n2nc(C)c3c(Cl)c(C(N)=O)cnc32)c1. The number of rotatable bonds is 2. The average Bonchev–Trinajstić information content (AvgIpc) is 2.77. The highest BCUT2D eigenvalue weighted by Crippen LogP contribution is 2.29. The molecule has 0 unspecified atom stereocenters. The first-order chi connectivity index (χ1) is 9.99. The van der Waals surface area contributed by atoms with Crippen molar-refractivity contribution in [3.63, 3.8) is 0 Å². The Bertz CT molecular complexity index is 869. The fourth-order valence-corrected chi connectivity index (χ4v) is 2.68. The monoisotopic (exact) mass is 300 g/mol. The van der Waals surface area contributed by atoms with E-state index in [1.807, 2.05) is 38.1 Å². The van der Waals surface area contributed by atoms with Crippen molar-refractivity contribution in [1.29, 1.82) is 0 Å². The van der Waals surface area contributed by atoms with Gasteiger partial charge < -0.3 is 5.73 Å². The van der Waals surface area contributed by atoms with Crippen LogP contribution in [-0.2, 0) is 0 Å². The fourth-order valence-electron chi connectivity index (χ4n) is 2.32. The lowest BCUT2D eigenvalue weighted by Crippen LogP contribution is -2.12. The van der Waals surface area contributed by atoms with E-state index in [1.165, 1.54) is 6.20 Å². The molecular formula is C15H13ClN4O. The number of nitrogens with zero attached hydrogens (tertiary/aromatic N) is 3. The van der Waals surface area contributed by atoms with Crippen LogP contribution >= 0.6 is 11.6 Å². The highest BCUT2D eigenvalue weighted by Gasteiger charge is 2.18. The molecule has 106 valence electrons. The Morgan fingerprint density at radius 3 is 2.76 bits per heavy atom. The minimum Gasteiger partial charge on any atom is -0.366 e. The topological polar surface area (TPSA) is 73.8 Å². The van der Waals surface area contributed by atoms with Gasteiger partial charge in [-0.25, -0.2) is 9.67 Å². The lowest BCUT2D eigenvalue weighted by atomic mass is 10.2. The molecule has 0 spiro atoms. The van der Waals surface area contributed by atoms with E-state index in [9.17, 15) is 4.79 Å². The number of carbonyl (C=O) groups is 1. The van der Waals surface area contributed by atoms with Crippen LogP contribution in [0.5, 0.6) is 0 Å². The molecule has 3 rings (SSSR count). The third kappa shape index (κ3) is 2.15. The number of halogens is 1. The average molecular weight is 301 g/mol. The minimum atomic E-state index is -0.600. The summed E-state index contributed by atoms with van der Waals surface area (Å²) in [4.78, 5) is 15.7. The minimum absolute atomic E-state index is 0.205. The molecule has 3 aromatic rings. The lowest BCUT2D eigenvalue weighted by Gasteiger charge is -2.05. The molecule has 0 radical (unpaired) electrons. The van der Waals surface area contributed by atoms with Crippen molar-refractivity contribution in [2.45, 2.75) is 13.8 Å². The Morgan fingerprint density at radius 2 is 2.10 bits per heavy atom. The number of aryl methyl sites for hydroxylation is 2. The molecule has 0 aliphatic rings. The number of hydrogen-bond acceptors (Lipinski definition) is 3. The summed E-state index contributed by atoms with van der Waals surface area (Å²) < 4.78 is 1.72. The predicted octanol–water partition coefficient (Wildman–Crippen LogP) is 2.79. The van der Waals surface area contributed by atoms with E-state index in [2.05, 4.69) is 10.1 Å². The van der Waals surface area contributed by atoms with Crippen molar-refractivity contribution < 1.29 is 4.79 Å². The number of benzene rings is 1. The third-order valence-corrected chi connectivity index (χ3v) is 3.71. The van der Waals surface area contributed by atoms with Crippen molar-refractivity contribution >= 4 is 28.5 Å². The molecule has 0 aliphatic carbocycles. The van der Waals surface area contributed by atoms with Crippen molar-refractivity contribution in [3.8, 4) is 5.69 Å². The summed E-state index contributed by atoms with van der Waals surface area (Å²) >= 11 is 6.28. The summed E-state index contributed by atoms with van der Waals surface area (Å²) in [5, 5.41) is 5.42. The largest absolute Gasteiger partial charge is 0.366 e. The van der Waals surface area contributed by atoms with Gasteiger partial charge in [0.1, 0.15) is 0 Å². The first-order valence-corrected chi connectivity index (χ1v) is 6.77. The highest BCUT2D eigenvalue weighted by atomic mass is 35.5. The third-order valence-electron chi connectivity index (χ3n) is 3.32. The molecule has 1 aromatic carbocycles. The maximum absolute atomic E-state index is 11.4. The van der Waals surface area contributed by atoms with Gasteiger partial charge in [-0.15, -0.1) is 0 Å². The standard InChI is InChI=1S/C15H13ClN4O/c1-8-4-3-5-10(6-8)20-15-12(9(2)19-20)13(16)11(7-18-15)14(17)21/h3-7H,1-2H3,(H2,17,21). The number of pyridine rings is 1. The first kappa shape index (κ1) is 13.6. The molecule has 6 heteroatoms. The van der Waals surface area contributed by atoms with Crippen molar-refractivity contribution in [2.75, 3.05) is 0 Å². The van der Waals surface area contributed by atoms with E-state index < -0.39 is 5.91 Å². The molecule has 0 saturated carbocycles. The Balaban J connectivity index is 2.33. The zero-order valence-electron chi connectivity index (χ0n) is 11.6. The summed E-state index contributed by atoms with van der Waals surface area (Å²) in [5.41, 5.74) is 8.82. The number of carbonyl (C=O) groups excluding carboxylic acids is 1. The van der Waals surface area contributed by atoms with Gasteiger partial charge in [0, 0.05) is 6.20 Å². The zero-order chi connectivity index (χ0) is 15.1. The smallest absolute Gasteiger partial charge is 0.251 e. The van der Waals surface area contributed by atoms with Gasteiger partial charge in [-0.2, -0.15) is 5.10 Å². The molecule has 1 amide bonds. The van der Waals surface area contributed by atoms with Crippen molar-refractivity contribution in [3.05, 3.63) is 52.3 Å². The van der Waals surface area contributed by atoms with Crippen LogP contribution < -0.4 is 5.73 Å². The Labute approximate surface area is 126 Å². The van der Waals surface area contributed by atoms with Gasteiger partial charge in [0.15, 0.2) is 5.65 Å². The molecule has 0 atom stereocenters. The second-order valence-corrected chi connectivity index (χ2v) is 5.26. The number of aromatic nitrogens is 3. The van der Waals surface area contributed by atoms with E-state index in [4.69, 9.17) is 17.3 Å². The van der Waals surface area contributed by atoms with Gasteiger partial charge in [0.05, 0.1) is 27.4 Å². The number of amides is 1. The molecule has 5 nitrogen and oxygen atoms in total. The van der Waals surface area contributed by atoms with E-state index in [0.29, 0.717) is 21.7 Å². The normalized spacial score (nSPS) is 11.0. The van der Waals surface area contributed by atoms with Gasteiger partial charge in [-0.05, 0) is 31.5 Å². The second kappa shape index (κ2) is 4.86. The molecule has 2 heterocycles. The van der Waals surface area contributed by atoms with E-state index in [1.54, 1.807) is 4.68 Å². The molecule has 0 bridgehead atoms. The number of nitrogens with two attached hydrogens (primary N) is 1. The van der Waals surface area contributed by atoms with Crippen LogP contribution in [0.2, 0.25) is 5.02 Å². The van der Waals surface area contributed by atoms with E-state index >= 15 is 0 Å². The first-order valence-electron chi connectivity index (χ1n) is 6.39. The molecule has 2 N–H and O–H groups in total. The summed E-state index contributed by atoms with van der Waals surface area (Å²) in [7, 11) is 0. The van der Waals surface area contributed by atoms with E-state index in [0.717, 1.165) is 11.3 Å². The quantitative estimate of drug-likeness (QED) is 0.791. The fraction of sp³-hybridized carbons (Fsp3) is 0.133. The molecular weight excluding hydrogens is 288 g/mol. The molecule has 0 aliphatic heterocycles. The Morgan fingerprint density at radius 1 is 1.33 bits per heavy atom. The van der Waals surface area contributed by atoms with Crippen LogP contribution in [0.15, 0.2) is 30.5 Å². The van der Waals surface area contributed by atoms with Gasteiger partial charge in [0.25, 0.3) is 5.91 Å². The number of hydrogen-bond donors (Lipinski definition) is 1. The summed E-state index contributed by atoms with van der Waals surface area (Å²) in [6.07, 6.45) is 1.39. The van der Waals surface area contributed by atoms with Crippen molar-refractivity contribution in [2.24, 2.45) is 5.73 Å². The summed E-state index contributed by atoms with van der Waals surface area (Å²) in [6.45, 7) is 3.83. The van der Waals surface area contributed by atoms with Gasteiger partial charge in [-0.1, -0.05) is 23.7 Å². The summed E-state index contributed by atoms with van der Waals surface area (Å²) in [5.74, 6) is -0.600. The van der Waals surface area contributed by atoms with Crippen LogP contribution in [0.3, 0.4) is 0 Å². The molecule has 21 heavy (non-hydrogen) atoms. The summed E-state index contributed by atoms with van der Waals surface area (Å²) in [6, 6.07) is 7.90. The highest BCUT2D eigenvalue weighted by molar-refractivity contribution is 6.38.